The highest BCUT2D eigenvalue weighted by atomic mass is 35.5. The number of hydrogen-bond acceptors (Lipinski definition) is 2. The van der Waals surface area contributed by atoms with Crippen LogP contribution < -0.4 is 10.6 Å². The molecule has 5 nitrogen and oxygen atoms in total. The van der Waals surface area contributed by atoms with Gasteiger partial charge in [-0.05, 0) is 62.4 Å². The van der Waals surface area contributed by atoms with Crippen LogP contribution in [0.25, 0.3) is 0 Å². The number of carbonyl (C=O) groups excluding carboxylic acids is 2. The monoisotopic (exact) mass is 413 g/mol. The Morgan fingerprint density at radius 3 is 2.66 bits per heavy atom. The number of benzene rings is 2. The highest BCUT2D eigenvalue weighted by Gasteiger charge is 2.39. The average Bonchev–Trinajstić information content (AvgIpc) is 2.70. The zero-order valence-electron chi connectivity index (χ0n) is 17.2. The zero-order chi connectivity index (χ0) is 21.0. The second-order valence-electron chi connectivity index (χ2n) is 8.04. The molecule has 3 amide bonds. The summed E-state index contributed by atoms with van der Waals surface area (Å²) in [5, 5.41) is 6.61. The van der Waals surface area contributed by atoms with Crippen molar-refractivity contribution in [3.63, 3.8) is 0 Å². The largest absolute Gasteiger partial charge is 0.351 e. The van der Waals surface area contributed by atoms with Gasteiger partial charge in [0.1, 0.15) is 0 Å². The molecule has 0 saturated carbocycles. The normalized spacial score (nSPS) is 19.0. The molecule has 29 heavy (non-hydrogen) atoms. The van der Waals surface area contributed by atoms with Gasteiger partial charge >= 0.3 is 6.03 Å². The summed E-state index contributed by atoms with van der Waals surface area (Å²) in [5.74, 6) is -0.0165. The van der Waals surface area contributed by atoms with Gasteiger partial charge in [-0.2, -0.15) is 0 Å². The number of amides is 3. The summed E-state index contributed by atoms with van der Waals surface area (Å²) < 4.78 is 0. The van der Waals surface area contributed by atoms with E-state index < -0.39 is 5.41 Å². The minimum absolute atomic E-state index is 0.0165. The molecule has 1 heterocycles. The molecule has 2 aromatic rings. The molecule has 0 aromatic heterocycles. The summed E-state index contributed by atoms with van der Waals surface area (Å²) in [7, 11) is 0. The Bertz CT molecular complexity index is 915. The lowest BCUT2D eigenvalue weighted by Gasteiger charge is -2.39. The molecule has 0 bridgehead atoms. The third kappa shape index (κ3) is 4.91. The number of carbonyl (C=O) groups is 2. The van der Waals surface area contributed by atoms with Gasteiger partial charge in [-0.1, -0.05) is 41.9 Å². The summed E-state index contributed by atoms with van der Waals surface area (Å²) in [6.45, 7) is 7.36. The molecule has 1 aliphatic heterocycles. The number of nitrogens with one attached hydrogen (secondary N) is 2. The number of piperidine rings is 1. The van der Waals surface area contributed by atoms with E-state index in [2.05, 4.69) is 10.6 Å². The molecule has 2 N–H and O–H groups in total. The van der Waals surface area contributed by atoms with Gasteiger partial charge in [0.25, 0.3) is 0 Å². The second kappa shape index (κ2) is 8.87. The van der Waals surface area contributed by atoms with Gasteiger partial charge in [0.05, 0.1) is 5.41 Å². The van der Waals surface area contributed by atoms with E-state index in [-0.39, 0.29) is 11.9 Å². The lowest BCUT2D eigenvalue weighted by atomic mass is 9.81. The number of aryl methyl sites for hydroxylation is 1. The van der Waals surface area contributed by atoms with E-state index in [1.807, 2.05) is 57.2 Å². The molecule has 1 aliphatic rings. The maximum atomic E-state index is 12.9. The summed E-state index contributed by atoms with van der Waals surface area (Å²) in [5.41, 5.74) is 3.17. The Balaban J connectivity index is 1.63. The molecule has 1 fully saturated rings. The summed E-state index contributed by atoms with van der Waals surface area (Å²) >= 11 is 6.15. The van der Waals surface area contributed by atoms with Crippen LogP contribution >= 0.6 is 11.6 Å². The zero-order valence-corrected chi connectivity index (χ0v) is 18.0. The number of urea groups is 1. The predicted molar refractivity (Wildman–Crippen MR) is 117 cm³/mol. The van der Waals surface area contributed by atoms with E-state index in [4.69, 9.17) is 11.6 Å². The van der Waals surface area contributed by atoms with E-state index in [9.17, 15) is 9.59 Å². The number of nitrogens with zero attached hydrogens (tertiary/aromatic N) is 1. The first kappa shape index (κ1) is 21.2. The van der Waals surface area contributed by atoms with Gasteiger partial charge in [-0.25, -0.2) is 4.79 Å². The molecule has 154 valence electrons. The number of rotatable bonds is 4. The van der Waals surface area contributed by atoms with Crippen LogP contribution in [0.1, 0.15) is 36.5 Å². The average molecular weight is 414 g/mol. The smallest absolute Gasteiger partial charge is 0.321 e. The minimum Gasteiger partial charge on any atom is -0.351 e. The van der Waals surface area contributed by atoms with Crippen LogP contribution in [0, 0.1) is 19.3 Å². The molecule has 1 atom stereocenters. The summed E-state index contributed by atoms with van der Waals surface area (Å²) in [6.07, 6.45) is 1.54. The Kier molecular flexibility index (Phi) is 6.48. The van der Waals surface area contributed by atoms with Gasteiger partial charge in [0.2, 0.25) is 5.91 Å². The molecule has 0 radical (unpaired) electrons. The Labute approximate surface area is 177 Å². The predicted octanol–water partition coefficient (Wildman–Crippen LogP) is 4.91. The fraction of sp³-hybridized carbons (Fsp3) is 0.391. The van der Waals surface area contributed by atoms with Gasteiger partial charge in [0, 0.05) is 30.3 Å². The minimum atomic E-state index is -0.609. The lowest BCUT2D eigenvalue weighted by molar-refractivity contribution is -0.132. The van der Waals surface area contributed by atoms with Gasteiger partial charge in [0.15, 0.2) is 0 Å². The maximum absolute atomic E-state index is 12.9. The highest BCUT2D eigenvalue weighted by Crippen LogP contribution is 2.31. The lowest BCUT2D eigenvalue weighted by Crippen LogP contribution is -2.52. The van der Waals surface area contributed by atoms with E-state index in [1.54, 1.807) is 11.0 Å². The van der Waals surface area contributed by atoms with Crippen LogP contribution in [0.5, 0.6) is 0 Å². The first-order chi connectivity index (χ1) is 13.8. The Morgan fingerprint density at radius 1 is 1.14 bits per heavy atom. The summed E-state index contributed by atoms with van der Waals surface area (Å²) in [4.78, 5) is 27.5. The van der Waals surface area contributed by atoms with Crippen molar-refractivity contribution in [1.29, 1.82) is 0 Å². The third-order valence-corrected chi connectivity index (χ3v) is 6.15. The van der Waals surface area contributed by atoms with Crippen LogP contribution in [0.4, 0.5) is 10.5 Å². The van der Waals surface area contributed by atoms with Crippen LogP contribution in [0.3, 0.4) is 0 Å². The molecule has 0 aliphatic carbocycles. The van der Waals surface area contributed by atoms with E-state index in [0.717, 1.165) is 29.5 Å². The summed E-state index contributed by atoms with van der Waals surface area (Å²) in [6, 6.07) is 13.2. The number of halogens is 1. The van der Waals surface area contributed by atoms with Gasteiger partial charge in [-0.3, -0.25) is 4.79 Å². The Morgan fingerprint density at radius 2 is 1.90 bits per heavy atom. The van der Waals surface area contributed by atoms with Crippen molar-refractivity contribution >= 4 is 29.2 Å². The topological polar surface area (TPSA) is 61.4 Å². The first-order valence-electron chi connectivity index (χ1n) is 9.94. The van der Waals surface area contributed by atoms with Crippen LogP contribution in [0.15, 0.2) is 42.5 Å². The molecular formula is C23H28ClN3O2. The molecule has 3 rings (SSSR count). The van der Waals surface area contributed by atoms with Crippen LogP contribution in [-0.4, -0.2) is 29.9 Å². The number of likely N-dealkylation sites (tertiary alicyclic amines) is 1. The molecule has 1 saturated heterocycles. The number of hydrogen-bond donors (Lipinski definition) is 2. The van der Waals surface area contributed by atoms with Crippen LogP contribution in [-0.2, 0) is 11.3 Å². The van der Waals surface area contributed by atoms with Crippen LogP contribution in [0.2, 0.25) is 5.02 Å². The fourth-order valence-electron chi connectivity index (χ4n) is 3.73. The van der Waals surface area contributed by atoms with Crippen molar-refractivity contribution in [3.8, 4) is 0 Å². The fourth-order valence-corrected chi connectivity index (χ4v) is 3.91. The molecular weight excluding hydrogens is 386 g/mol. The van der Waals surface area contributed by atoms with E-state index in [1.165, 1.54) is 0 Å². The highest BCUT2D eigenvalue weighted by molar-refractivity contribution is 6.31. The quantitative estimate of drug-likeness (QED) is 0.748. The SMILES string of the molecule is Cc1ccccc1CNC(=O)[C@]1(C)CCCN(C(=O)Nc2cccc(Cl)c2C)C1. The van der Waals surface area contributed by atoms with Crippen molar-refractivity contribution < 1.29 is 9.59 Å². The van der Waals surface area contributed by atoms with Gasteiger partial charge < -0.3 is 15.5 Å². The van der Waals surface area contributed by atoms with Crippen molar-refractivity contribution in [2.24, 2.45) is 5.41 Å². The van der Waals surface area contributed by atoms with Crippen molar-refractivity contribution in [3.05, 3.63) is 64.2 Å². The third-order valence-electron chi connectivity index (χ3n) is 5.74. The van der Waals surface area contributed by atoms with Crippen molar-refractivity contribution in [2.45, 2.75) is 40.2 Å². The standard InChI is InChI=1S/C23H28ClN3O2/c1-16-8-4-5-9-18(16)14-25-21(28)23(3)12-7-13-27(15-23)22(29)26-20-11-6-10-19(24)17(20)2/h4-6,8-11H,7,12-15H2,1-3H3,(H,25,28)(H,26,29)/t23-/m1/s1. The molecule has 0 spiro atoms. The second-order valence-corrected chi connectivity index (χ2v) is 8.44. The molecule has 6 heteroatoms. The van der Waals surface area contributed by atoms with Crippen molar-refractivity contribution in [2.75, 3.05) is 18.4 Å². The molecule has 2 aromatic carbocycles. The first-order valence-corrected chi connectivity index (χ1v) is 10.3. The molecule has 0 unspecified atom stereocenters. The maximum Gasteiger partial charge on any atom is 0.321 e. The van der Waals surface area contributed by atoms with E-state index in [0.29, 0.717) is 30.3 Å². The van der Waals surface area contributed by atoms with Crippen molar-refractivity contribution in [1.82, 2.24) is 10.2 Å². The van der Waals surface area contributed by atoms with E-state index >= 15 is 0 Å². The van der Waals surface area contributed by atoms with Gasteiger partial charge in [-0.15, -0.1) is 0 Å². The Hall–Kier alpha value is -2.53. The number of anilines is 1.